The number of hydrogen-bond donors (Lipinski definition) is 3. The first kappa shape index (κ1) is 21.9. The Morgan fingerprint density at radius 3 is 2.73 bits per heavy atom. The van der Waals surface area contributed by atoms with Gasteiger partial charge in [0.15, 0.2) is 0 Å². The van der Waals surface area contributed by atoms with Gasteiger partial charge in [-0.1, -0.05) is 24.8 Å². The number of methoxy groups -OCH3 is 2. The molecule has 9 nitrogen and oxygen atoms in total. The number of nitrogens with one attached hydrogen (secondary N) is 2. The van der Waals surface area contributed by atoms with Gasteiger partial charge in [0.2, 0.25) is 5.91 Å². The van der Waals surface area contributed by atoms with Crippen molar-refractivity contribution in [2.75, 3.05) is 31.4 Å². The number of nitrogens with zero attached hydrogens (tertiary/aromatic N) is 2. The monoisotopic (exact) mass is 447 g/mol. The molecule has 33 heavy (non-hydrogen) atoms. The van der Waals surface area contributed by atoms with E-state index in [1.165, 1.54) is 13.2 Å². The van der Waals surface area contributed by atoms with E-state index in [-0.39, 0.29) is 17.5 Å². The fraction of sp³-hybridized carbons (Fsp3) is 0.208. The Kier molecular flexibility index (Phi) is 6.03. The lowest BCUT2D eigenvalue weighted by molar-refractivity contribution is -0.111. The highest BCUT2D eigenvalue weighted by Gasteiger charge is 2.32. The molecule has 4 rings (SSSR count). The summed E-state index contributed by atoms with van der Waals surface area (Å²) < 4.78 is 12.6. The summed E-state index contributed by atoms with van der Waals surface area (Å²) >= 11 is 0. The molecule has 0 bridgehead atoms. The van der Waals surface area contributed by atoms with E-state index in [1.54, 1.807) is 30.0 Å². The number of aromatic nitrogens is 2. The van der Waals surface area contributed by atoms with E-state index >= 15 is 0 Å². The molecular weight excluding hydrogens is 422 g/mol. The fourth-order valence-electron chi connectivity index (χ4n) is 4.07. The minimum atomic E-state index is -0.606. The Labute approximate surface area is 191 Å². The molecule has 4 N–H and O–H groups in total. The zero-order valence-corrected chi connectivity index (χ0v) is 18.4. The highest BCUT2D eigenvalue weighted by atomic mass is 16.5. The Hall–Kier alpha value is -4.27. The molecule has 3 aromatic rings. The molecule has 2 amide bonds. The van der Waals surface area contributed by atoms with E-state index in [1.807, 2.05) is 24.3 Å². The van der Waals surface area contributed by atoms with Gasteiger partial charge in [0.05, 0.1) is 20.3 Å². The third kappa shape index (κ3) is 4.00. The van der Waals surface area contributed by atoms with Crippen LogP contribution in [0.2, 0.25) is 0 Å². The molecule has 0 saturated carbocycles. The zero-order chi connectivity index (χ0) is 23.5. The fourth-order valence-corrected chi connectivity index (χ4v) is 4.07. The van der Waals surface area contributed by atoms with Crippen molar-refractivity contribution in [3.05, 3.63) is 66.2 Å². The highest BCUT2D eigenvalue weighted by Crippen LogP contribution is 2.41. The Bertz CT molecular complexity index is 1230. The molecule has 1 aliphatic heterocycles. The molecule has 2 heterocycles. The Morgan fingerprint density at radius 1 is 1.24 bits per heavy atom. The van der Waals surface area contributed by atoms with Crippen LogP contribution in [0.4, 0.5) is 11.5 Å². The van der Waals surface area contributed by atoms with E-state index in [0.717, 1.165) is 5.56 Å². The van der Waals surface area contributed by atoms with Crippen LogP contribution in [-0.4, -0.2) is 42.4 Å². The number of nitrogens with two attached hydrogens (primary N) is 1. The summed E-state index contributed by atoms with van der Waals surface area (Å²) in [6, 6.07) is 12.5. The Morgan fingerprint density at radius 2 is 2.03 bits per heavy atom. The van der Waals surface area contributed by atoms with E-state index in [4.69, 9.17) is 20.3 Å². The molecule has 0 saturated heterocycles. The second-order valence-corrected chi connectivity index (χ2v) is 7.46. The van der Waals surface area contributed by atoms with Crippen molar-refractivity contribution in [3.63, 3.8) is 0 Å². The van der Waals surface area contributed by atoms with Crippen LogP contribution in [0.25, 0.3) is 11.3 Å². The van der Waals surface area contributed by atoms with E-state index in [0.29, 0.717) is 47.2 Å². The predicted octanol–water partition coefficient (Wildman–Crippen LogP) is 3.20. The maximum Gasteiger partial charge on any atom is 0.254 e. The second-order valence-electron chi connectivity index (χ2n) is 7.46. The molecule has 1 unspecified atom stereocenters. The van der Waals surface area contributed by atoms with Crippen LogP contribution in [0.3, 0.4) is 0 Å². The lowest BCUT2D eigenvalue weighted by Gasteiger charge is -2.28. The first-order chi connectivity index (χ1) is 16.0. The van der Waals surface area contributed by atoms with Crippen molar-refractivity contribution < 1.29 is 19.1 Å². The van der Waals surface area contributed by atoms with Gasteiger partial charge >= 0.3 is 0 Å². The van der Waals surface area contributed by atoms with E-state index in [2.05, 4.69) is 17.2 Å². The minimum Gasteiger partial charge on any atom is -0.497 e. The van der Waals surface area contributed by atoms with Crippen molar-refractivity contribution >= 4 is 23.3 Å². The van der Waals surface area contributed by atoms with Crippen molar-refractivity contribution in [1.82, 2.24) is 9.78 Å². The van der Waals surface area contributed by atoms with Crippen LogP contribution in [0.1, 0.15) is 28.4 Å². The van der Waals surface area contributed by atoms with Crippen LogP contribution in [0.5, 0.6) is 11.5 Å². The molecule has 2 aromatic carbocycles. The standard InChI is InChI=1S/C24H25N5O4/c1-4-20(30)27-17-8-6-5-7-15(17)18-11-12-26-24-21(23(25)31)22(28-29(18)24)16-10-9-14(32-2)13-19(16)33-3/h4-10,13,18,26H,1,11-12H2,2-3H3,(H2,25,31)(H,27,30). The molecule has 1 aromatic heterocycles. The number of primary amides is 1. The topological polar surface area (TPSA) is 120 Å². The molecule has 170 valence electrons. The van der Waals surface area contributed by atoms with E-state index < -0.39 is 5.91 Å². The quantitative estimate of drug-likeness (QED) is 0.479. The summed E-state index contributed by atoms with van der Waals surface area (Å²) in [5, 5.41) is 10.9. The van der Waals surface area contributed by atoms with Gasteiger partial charge < -0.3 is 25.8 Å². The first-order valence-electron chi connectivity index (χ1n) is 10.4. The van der Waals surface area contributed by atoms with Crippen LogP contribution < -0.4 is 25.8 Å². The summed E-state index contributed by atoms with van der Waals surface area (Å²) in [5.74, 6) is 0.728. The van der Waals surface area contributed by atoms with Crippen molar-refractivity contribution in [3.8, 4) is 22.8 Å². The lowest BCUT2D eigenvalue weighted by Crippen LogP contribution is -2.27. The molecule has 0 spiro atoms. The van der Waals surface area contributed by atoms with Gasteiger partial charge in [-0.15, -0.1) is 0 Å². The summed E-state index contributed by atoms with van der Waals surface area (Å²) in [6.07, 6.45) is 1.91. The summed E-state index contributed by atoms with van der Waals surface area (Å²) in [7, 11) is 3.10. The lowest BCUT2D eigenvalue weighted by atomic mass is 9.99. The molecule has 0 radical (unpaired) electrons. The average molecular weight is 447 g/mol. The number of rotatable bonds is 7. The van der Waals surface area contributed by atoms with Gasteiger partial charge in [0, 0.05) is 29.4 Å². The highest BCUT2D eigenvalue weighted by molar-refractivity contribution is 6.04. The maximum absolute atomic E-state index is 12.5. The molecular formula is C24H25N5O4. The first-order valence-corrected chi connectivity index (χ1v) is 10.4. The number of ether oxygens (including phenoxy) is 2. The molecule has 1 atom stereocenters. The van der Waals surface area contributed by atoms with Gasteiger partial charge in [-0.25, -0.2) is 4.68 Å². The largest absolute Gasteiger partial charge is 0.497 e. The van der Waals surface area contributed by atoms with Crippen molar-refractivity contribution in [1.29, 1.82) is 0 Å². The second kappa shape index (κ2) is 9.07. The van der Waals surface area contributed by atoms with Gasteiger partial charge in [0.25, 0.3) is 5.91 Å². The average Bonchev–Trinajstić information content (AvgIpc) is 3.23. The van der Waals surface area contributed by atoms with Gasteiger partial charge in [-0.2, -0.15) is 5.10 Å². The SMILES string of the molecule is C=CC(=O)Nc1ccccc1C1CCNc2c(C(N)=O)c(-c3ccc(OC)cc3OC)nn21. The normalized spacial score (nSPS) is 14.5. The molecule has 9 heteroatoms. The number of hydrogen-bond acceptors (Lipinski definition) is 6. The number of carbonyl (C=O) groups excluding carboxylic acids is 2. The van der Waals surface area contributed by atoms with Crippen LogP contribution in [-0.2, 0) is 4.79 Å². The molecule has 0 aliphatic carbocycles. The number of benzene rings is 2. The smallest absolute Gasteiger partial charge is 0.254 e. The third-order valence-electron chi connectivity index (χ3n) is 5.59. The Balaban J connectivity index is 1.88. The number of carbonyl (C=O) groups is 2. The summed E-state index contributed by atoms with van der Waals surface area (Å²) in [4.78, 5) is 24.5. The van der Waals surface area contributed by atoms with Crippen molar-refractivity contribution in [2.24, 2.45) is 5.73 Å². The third-order valence-corrected chi connectivity index (χ3v) is 5.59. The molecule has 1 aliphatic rings. The predicted molar refractivity (Wildman–Crippen MR) is 126 cm³/mol. The van der Waals surface area contributed by atoms with Gasteiger partial charge in [0.1, 0.15) is 28.6 Å². The van der Waals surface area contributed by atoms with E-state index in [9.17, 15) is 9.59 Å². The van der Waals surface area contributed by atoms with Crippen molar-refractivity contribution in [2.45, 2.75) is 12.5 Å². The van der Waals surface area contributed by atoms with Gasteiger partial charge in [-0.05, 0) is 30.7 Å². The number of anilines is 2. The maximum atomic E-state index is 12.5. The minimum absolute atomic E-state index is 0.237. The number of fused-ring (bicyclic) bond motifs is 1. The summed E-state index contributed by atoms with van der Waals surface area (Å²) in [5.41, 5.74) is 8.61. The molecule has 0 fully saturated rings. The van der Waals surface area contributed by atoms with Crippen LogP contribution in [0.15, 0.2) is 55.1 Å². The van der Waals surface area contributed by atoms with Crippen LogP contribution >= 0.6 is 0 Å². The number of para-hydroxylation sites is 1. The summed E-state index contributed by atoms with van der Waals surface area (Å²) in [6.45, 7) is 4.12. The van der Waals surface area contributed by atoms with Crippen LogP contribution in [0, 0.1) is 0 Å². The number of amides is 2. The van der Waals surface area contributed by atoms with Gasteiger partial charge in [-0.3, -0.25) is 9.59 Å². The zero-order valence-electron chi connectivity index (χ0n) is 18.4.